The molecule has 3 saturated heterocycles. The van der Waals surface area contributed by atoms with E-state index in [0.717, 1.165) is 148 Å². The Labute approximate surface area is 405 Å². The van der Waals surface area contributed by atoms with Gasteiger partial charge in [0.1, 0.15) is 11.8 Å². The van der Waals surface area contributed by atoms with Crippen molar-refractivity contribution < 1.29 is 33.4 Å². The molecule has 3 fully saturated rings. The van der Waals surface area contributed by atoms with Crippen LogP contribution in [0.4, 0.5) is 5.69 Å². The van der Waals surface area contributed by atoms with Crippen LogP contribution in [0.5, 0.6) is 5.75 Å². The van der Waals surface area contributed by atoms with Gasteiger partial charge in [-0.25, -0.2) is 0 Å². The Balaban J connectivity index is 0.789. The summed E-state index contributed by atoms with van der Waals surface area (Å²) in [6.45, 7) is 16.9. The molecule has 3 aromatic carbocycles. The predicted molar refractivity (Wildman–Crippen MR) is 266 cm³/mol. The van der Waals surface area contributed by atoms with Crippen LogP contribution >= 0.6 is 0 Å². The molecular weight excluding hydrogens is 873 g/mol. The number of aromatic amines is 1. The van der Waals surface area contributed by atoms with Crippen LogP contribution in [-0.4, -0.2) is 120 Å². The van der Waals surface area contributed by atoms with Crippen LogP contribution in [-0.2, 0) is 27.3 Å². The first-order valence-corrected chi connectivity index (χ1v) is 25.1. The smallest absolute Gasteiger partial charge is 0.266 e. The number of hydrogen-bond acceptors (Lipinski definition) is 11. The third-order valence-corrected chi connectivity index (χ3v) is 14.5. The highest BCUT2D eigenvalue weighted by molar-refractivity contribution is 6.24. The fourth-order valence-electron chi connectivity index (χ4n) is 10.6. The Kier molecular flexibility index (Phi) is 16.2. The van der Waals surface area contributed by atoms with Crippen LogP contribution in [0.25, 0.3) is 11.1 Å². The topological polar surface area (TPSA) is 162 Å². The van der Waals surface area contributed by atoms with Crippen LogP contribution in [0.1, 0.15) is 130 Å². The third kappa shape index (κ3) is 11.6. The van der Waals surface area contributed by atoms with Gasteiger partial charge in [-0.2, -0.15) is 0 Å². The third-order valence-electron chi connectivity index (χ3n) is 14.5. The van der Waals surface area contributed by atoms with Crippen LogP contribution in [0.3, 0.4) is 0 Å². The predicted octanol–water partition coefficient (Wildman–Crippen LogP) is 7.34. The number of pyridine rings is 1. The maximum absolute atomic E-state index is 14.1. The Morgan fingerprint density at radius 2 is 1.54 bits per heavy atom. The lowest BCUT2D eigenvalue weighted by Gasteiger charge is -2.37. The quantitative estimate of drug-likeness (QED) is 0.0519. The van der Waals surface area contributed by atoms with E-state index >= 15 is 0 Å². The number of anilines is 1. The van der Waals surface area contributed by atoms with Gasteiger partial charge >= 0.3 is 0 Å². The van der Waals surface area contributed by atoms with E-state index in [1.54, 1.807) is 18.2 Å². The number of carbonyl (C=O) groups excluding carboxylic acids is 5. The fourth-order valence-corrected chi connectivity index (χ4v) is 10.6. The molecule has 1 unspecified atom stereocenters. The number of ketones is 1. The summed E-state index contributed by atoms with van der Waals surface area (Å²) < 4.78 is 11.7. The average molecular weight is 941 g/mol. The highest BCUT2D eigenvalue weighted by Gasteiger charge is 2.46. The minimum atomic E-state index is -1.01. The standard InChI is InChI=1S/C55H68N6O8/c1-5-60(42-22-30-68-31-23-42)47-34-41(33-45(38(47)4)48(62)20-18-43-36(2)32-37(3)56-52(43)64)40-16-14-39(15-17-40)35-59-27-25-58(26-28-59)24-9-7-6-8-10-29-69-49-13-11-12-44-51(49)55(67)61(54(44)66)46-19-21-50(63)57-53(46)65/h11-17,32-34,42,46H,5-10,18-31,35H2,1-4H3,(H,56,64)(H,57,63,65). The molecule has 14 nitrogen and oxygen atoms in total. The first kappa shape index (κ1) is 49.5. The monoisotopic (exact) mass is 941 g/mol. The van der Waals surface area contributed by atoms with E-state index in [0.29, 0.717) is 30.4 Å². The molecule has 4 aliphatic heterocycles. The van der Waals surface area contributed by atoms with Crippen LogP contribution in [0, 0.1) is 20.8 Å². The number of aromatic nitrogens is 1. The van der Waals surface area contributed by atoms with Crippen molar-refractivity contribution in [3.63, 3.8) is 0 Å². The number of Topliss-reactive ketones (excluding diaryl/α,β-unsaturated/α-hetero) is 1. The lowest BCUT2D eigenvalue weighted by Crippen LogP contribution is -2.54. The molecule has 5 heterocycles. The van der Waals surface area contributed by atoms with Gasteiger partial charge in [-0.15, -0.1) is 0 Å². The molecule has 366 valence electrons. The summed E-state index contributed by atoms with van der Waals surface area (Å²) in [4.78, 5) is 88.9. The van der Waals surface area contributed by atoms with Crippen molar-refractivity contribution in [1.29, 1.82) is 0 Å². The van der Waals surface area contributed by atoms with E-state index in [1.807, 2.05) is 19.9 Å². The summed E-state index contributed by atoms with van der Waals surface area (Å²) in [7, 11) is 0. The number of rotatable bonds is 20. The van der Waals surface area contributed by atoms with Crippen molar-refractivity contribution in [2.45, 2.75) is 117 Å². The van der Waals surface area contributed by atoms with Crippen molar-refractivity contribution in [1.82, 2.24) is 25.0 Å². The largest absolute Gasteiger partial charge is 0.493 e. The lowest BCUT2D eigenvalue weighted by atomic mass is 9.91. The SMILES string of the molecule is CCN(c1cc(-c2ccc(CN3CCN(CCCCCCCOc4cccc5c4C(=O)N(C4CCC(=O)NC4=O)C5=O)CC3)cc2)cc(C(=O)CCc2c(C)cc(C)[nH]c2=O)c1C)C1CCOCC1. The van der Waals surface area contributed by atoms with Gasteiger partial charge in [-0.1, -0.05) is 49.6 Å². The number of hydrogen-bond donors (Lipinski definition) is 2. The molecule has 1 atom stereocenters. The van der Waals surface area contributed by atoms with Gasteiger partial charge in [0.25, 0.3) is 17.4 Å². The zero-order valence-electron chi connectivity index (χ0n) is 40.8. The summed E-state index contributed by atoms with van der Waals surface area (Å²) in [6, 6.07) is 19.4. The summed E-state index contributed by atoms with van der Waals surface area (Å²) in [6.07, 6.45) is 7.90. The molecule has 14 heteroatoms. The number of imide groups is 2. The number of piperidine rings is 1. The van der Waals surface area contributed by atoms with Gasteiger partial charge in [-0.05, 0) is 131 Å². The number of nitrogens with zero attached hydrogens (tertiary/aromatic N) is 4. The molecule has 0 saturated carbocycles. The van der Waals surface area contributed by atoms with Gasteiger partial charge in [0.05, 0.1) is 17.7 Å². The van der Waals surface area contributed by atoms with E-state index in [1.165, 1.54) is 5.56 Å². The zero-order valence-corrected chi connectivity index (χ0v) is 40.8. The molecule has 4 amide bonds. The molecular formula is C55H68N6O8. The van der Waals surface area contributed by atoms with Crippen molar-refractivity contribution in [2.75, 3.05) is 64.0 Å². The fraction of sp³-hybridized carbons (Fsp3) is 0.491. The molecule has 0 aliphatic carbocycles. The summed E-state index contributed by atoms with van der Waals surface area (Å²) in [5.74, 6) is -1.72. The zero-order chi connectivity index (χ0) is 48.6. The molecule has 4 aromatic rings. The van der Waals surface area contributed by atoms with Crippen LogP contribution < -0.4 is 20.5 Å². The van der Waals surface area contributed by atoms with Gasteiger partial charge in [0.15, 0.2) is 5.78 Å². The Hall–Kier alpha value is -5.96. The summed E-state index contributed by atoms with van der Waals surface area (Å²) in [5.41, 5.74) is 8.87. The molecule has 0 bridgehead atoms. The van der Waals surface area contributed by atoms with Gasteiger partial charge in [0, 0.05) is 93.9 Å². The van der Waals surface area contributed by atoms with E-state index in [9.17, 15) is 28.8 Å². The Morgan fingerprint density at radius 3 is 2.26 bits per heavy atom. The van der Waals surface area contributed by atoms with Crippen LogP contribution in [0.2, 0.25) is 0 Å². The number of ether oxygens (including phenoxy) is 2. The van der Waals surface area contributed by atoms with Crippen molar-refractivity contribution in [3.8, 4) is 16.9 Å². The van der Waals surface area contributed by atoms with Crippen molar-refractivity contribution >= 4 is 35.1 Å². The minimum absolute atomic E-state index is 0.0486. The summed E-state index contributed by atoms with van der Waals surface area (Å²) in [5, 5.41) is 2.23. The van der Waals surface area contributed by atoms with E-state index in [2.05, 4.69) is 75.2 Å². The van der Waals surface area contributed by atoms with E-state index in [4.69, 9.17) is 9.47 Å². The first-order valence-electron chi connectivity index (χ1n) is 25.1. The van der Waals surface area contributed by atoms with Gasteiger partial charge in [0.2, 0.25) is 11.8 Å². The number of unbranched alkanes of at least 4 members (excludes halogenated alkanes) is 4. The first-order chi connectivity index (χ1) is 33.4. The van der Waals surface area contributed by atoms with Gasteiger partial charge < -0.3 is 24.3 Å². The van der Waals surface area contributed by atoms with E-state index in [-0.39, 0.29) is 41.7 Å². The van der Waals surface area contributed by atoms with E-state index < -0.39 is 29.7 Å². The average Bonchev–Trinajstić information content (AvgIpc) is 3.59. The molecule has 0 spiro atoms. The number of aryl methyl sites for hydroxylation is 2. The normalized spacial score (nSPS) is 18.1. The lowest BCUT2D eigenvalue weighted by molar-refractivity contribution is -0.136. The number of benzene rings is 3. The number of fused-ring (bicyclic) bond motifs is 1. The van der Waals surface area contributed by atoms with Gasteiger partial charge in [-0.3, -0.25) is 43.9 Å². The second kappa shape index (κ2) is 22.6. The summed E-state index contributed by atoms with van der Waals surface area (Å²) >= 11 is 0. The number of amides is 4. The second-order valence-electron chi connectivity index (χ2n) is 19.2. The molecule has 1 aromatic heterocycles. The highest BCUT2D eigenvalue weighted by atomic mass is 16.5. The van der Waals surface area contributed by atoms with Crippen LogP contribution in [0.15, 0.2) is 65.5 Å². The Bertz CT molecular complexity index is 2590. The number of nitrogens with one attached hydrogen (secondary N) is 2. The van der Waals surface area contributed by atoms with Crippen molar-refractivity contribution in [2.24, 2.45) is 0 Å². The Morgan fingerprint density at radius 1 is 0.812 bits per heavy atom. The molecule has 69 heavy (non-hydrogen) atoms. The highest BCUT2D eigenvalue weighted by Crippen LogP contribution is 2.36. The molecule has 4 aliphatic rings. The number of piperazine rings is 1. The number of H-pyrrole nitrogens is 1. The molecule has 0 radical (unpaired) electrons. The minimum Gasteiger partial charge on any atom is -0.493 e. The molecule has 8 rings (SSSR count). The molecule has 2 N–H and O–H groups in total. The number of carbonyl (C=O) groups is 5. The van der Waals surface area contributed by atoms with Crippen molar-refractivity contribution in [3.05, 3.63) is 116 Å². The maximum atomic E-state index is 14.1. The maximum Gasteiger partial charge on any atom is 0.266 e. The second-order valence-corrected chi connectivity index (χ2v) is 19.2.